The summed E-state index contributed by atoms with van der Waals surface area (Å²) in [5.41, 5.74) is 5.48. The van der Waals surface area contributed by atoms with Crippen molar-refractivity contribution >= 4 is 32.9 Å². The fraction of sp³-hybridized carbons (Fsp3) is 0.0769. The van der Waals surface area contributed by atoms with E-state index in [2.05, 4.69) is 15.0 Å². The molecule has 0 saturated carbocycles. The zero-order chi connectivity index (χ0) is 80.2. The van der Waals surface area contributed by atoms with Crippen molar-refractivity contribution in [1.82, 2.24) is 15.0 Å². The van der Waals surface area contributed by atoms with Gasteiger partial charge < -0.3 is 51.5 Å². The topological polar surface area (TPSA) is 165 Å². The molecule has 16 aromatic rings. The van der Waals surface area contributed by atoms with Crippen molar-refractivity contribution in [3.8, 4) is 92.1 Å². The van der Waals surface area contributed by atoms with Gasteiger partial charge in [0.15, 0.2) is 98.1 Å². The van der Waals surface area contributed by atoms with Gasteiger partial charge in [-0.05, 0) is 227 Å². The van der Waals surface area contributed by atoms with Gasteiger partial charge in [-0.3, -0.25) is 9.97 Å². The molecular formula is C91H67F8N3O12. The molecule has 6 heterocycles. The van der Waals surface area contributed by atoms with Gasteiger partial charge in [0.25, 0.3) is 0 Å². The highest BCUT2D eigenvalue weighted by Gasteiger charge is 2.19. The van der Waals surface area contributed by atoms with Crippen molar-refractivity contribution in [3.05, 3.63) is 376 Å². The van der Waals surface area contributed by atoms with Crippen LogP contribution in [0.5, 0.6) is 92.1 Å². The van der Waals surface area contributed by atoms with Crippen molar-refractivity contribution in [2.75, 3.05) is 6.79 Å². The van der Waals surface area contributed by atoms with Gasteiger partial charge in [0, 0.05) is 65.1 Å². The van der Waals surface area contributed by atoms with Crippen LogP contribution in [0.25, 0.3) is 32.9 Å². The summed E-state index contributed by atoms with van der Waals surface area (Å²) in [7, 11) is 0. The summed E-state index contributed by atoms with van der Waals surface area (Å²) < 4.78 is 169. The van der Waals surface area contributed by atoms with Crippen LogP contribution in [-0.2, 0) is 0 Å². The second-order valence-corrected chi connectivity index (χ2v) is 25.3. The Morgan fingerprint density at radius 3 is 1.36 bits per heavy atom. The highest BCUT2D eigenvalue weighted by atomic mass is 19.2. The zero-order valence-electron chi connectivity index (χ0n) is 61.6. The Morgan fingerprint density at radius 1 is 0.307 bits per heavy atom. The van der Waals surface area contributed by atoms with E-state index in [0.29, 0.717) is 79.5 Å². The fourth-order valence-corrected chi connectivity index (χ4v) is 10.9. The average Bonchev–Trinajstić information content (AvgIpc) is 1.62. The lowest BCUT2D eigenvalue weighted by atomic mass is 10.1. The minimum absolute atomic E-state index is 0.179. The Kier molecular flexibility index (Phi) is 25.9. The molecule has 114 heavy (non-hydrogen) atoms. The van der Waals surface area contributed by atoms with Crippen molar-refractivity contribution in [3.63, 3.8) is 0 Å². The number of aryl methyl sites for hydroxylation is 6. The molecule has 5 aromatic heterocycles. The lowest BCUT2D eigenvalue weighted by Crippen LogP contribution is -1.96. The molecule has 17 rings (SSSR count). The maximum absolute atomic E-state index is 14.0. The van der Waals surface area contributed by atoms with Gasteiger partial charge >= 0.3 is 5.63 Å². The lowest BCUT2D eigenvalue weighted by molar-refractivity contribution is 0.174. The molecule has 1 aliphatic rings. The van der Waals surface area contributed by atoms with E-state index in [1.807, 2.05) is 118 Å². The first-order valence-electron chi connectivity index (χ1n) is 35.0. The van der Waals surface area contributed by atoms with Crippen molar-refractivity contribution in [2.24, 2.45) is 0 Å². The summed E-state index contributed by atoms with van der Waals surface area (Å²) in [6.07, 6.45) is 7.88. The third-order valence-electron chi connectivity index (χ3n) is 16.2. The Bertz CT molecular complexity index is 5990. The first-order valence-corrected chi connectivity index (χ1v) is 35.0. The van der Waals surface area contributed by atoms with Gasteiger partial charge in [-0.2, -0.15) is 0 Å². The maximum Gasteiger partial charge on any atom is 0.336 e. The number of ether oxygens (including phenoxy) is 9. The average molecular weight is 1550 g/mol. The number of hydrogen-bond acceptors (Lipinski definition) is 15. The molecule has 0 fully saturated rings. The smallest absolute Gasteiger partial charge is 0.336 e. The number of furan rings is 1. The van der Waals surface area contributed by atoms with Crippen LogP contribution in [0.3, 0.4) is 0 Å². The number of hydrogen-bond donors (Lipinski definition) is 0. The molecule has 0 spiro atoms. The van der Waals surface area contributed by atoms with E-state index in [1.54, 1.807) is 143 Å². The Balaban J connectivity index is 0.000000127. The van der Waals surface area contributed by atoms with Gasteiger partial charge in [-0.25, -0.2) is 44.9 Å². The van der Waals surface area contributed by atoms with Gasteiger partial charge in [-0.15, -0.1) is 0 Å². The van der Waals surface area contributed by atoms with Crippen LogP contribution < -0.4 is 48.3 Å². The summed E-state index contributed by atoms with van der Waals surface area (Å²) in [5.74, 6) is -0.466. The molecule has 0 bridgehead atoms. The van der Waals surface area contributed by atoms with Crippen LogP contribution in [0.1, 0.15) is 33.4 Å². The van der Waals surface area contributed by atoms with Crippen molar-refractivity contribution in [2.45, 2.75) is 41.5 Å². The van der Waals surface area contributed by atoms with Crippen LogP contribution in [0.2, 0.25) is 0 Å². The van der Waals surface area contributed by atoms with Crippen LogP contribution in [0, 0.1) is 88.1 Å². The molecule has 574 valence electrons. The van der Waals surface area contributed by atoms with E-state index in [0.717, 1.165) is 38.8 Å². The summed E-state index contributed by atoms with van der Waals surface area (Å²) in [4.78, 5) is 23.0. The Labute approximate surface area is 648 Å². The van der Waals surface area contributed by atoms with E-state index in [4.69, 9.17) is 51.5 Å². The van der Waals surface area contributed by atoms with E-state index in [1.165, 1.54) is 66.9 Å². The number of pyridine rings is 3. The quantitative estimate of drug-likeness (QED) is 0.0745. The number of aromatic nitrogens is 3. The van der Waals surface area contributed by atoms with Crippen LogP contribution in [-0.4, -0.2) is 21.7 Å². The number of halogens is 8. The second kappa shape index (κ2) is 37.3. The fourth-order valence-electron chi connectivity index (χ4n) is 10.9. The lowest BCUT2D eigenvalue weighted by Gasteiger charge is -2.10. The molecule has 1 aliphatic heterocycles. The van der Waals surface area contributed by atoms with Crippen molar-refractivity contribution in [1.29, 1.82) is 0 Å². The zero-order valence-corrected chi connectivity index (χ0v) is 61.6. The monoisotopic (exact) mass is 1550 g/mol. The van der Waals surface area contributed by atoms with Crippen LogP contribution >= 0.6 is 0 Å². The SMILES string of the molecule is Cc1cc(F)c(Oc2ccc3ccc(=O)oc3c2)c(F)c1.Cc1cc(F)c(Oc2cccc(Oc3ccccc3)c2)c(F)c1.Cc1cc(F)c(Oc2cccnc2)c(F)c1.Cc1ccc(Oc2ccc3c(c2)OCO3)nc1.Cc1ccc(Oc2cccc3c2oc2ccccc23)c(F)c1.Cc1ccc(Oc2cccnc2)c(F)c1. The van der Waals surface area contributed by atoms with Crippen LogP contribution in [0.4, 0.5) is 35.1 Å². The number of para-hydroxylation sites is 3. The third-order valence-corrected chi connectivity index (χ3v) is 16.2. The van der Waals surface area contributed by atoms with E-state index >= 15 is 0 Å². The second-order valence-electron chi connectivity index (χ2n) is 25.3. The van der Waals surface area contributed by atoms with Gasteiger partial charge in [0.05, 0.1) is 12.4 Å². The number of fused-ring (bicyclic) bond motifs is 5. The molecule has 11 aromatic carbocycles. The summed E-state index contributed by atoms with van der Waals surface area (Å²) >= 11 is 0. The molecule has 0 N–H and O–H groups in total. The molecule has 0 saturated heterocycles. The minimum Gasteiger partial charge on any atom is -0.457 e. The van der Waals surface area contributed by atoms with Gasteiger partial charge in [-0.1, -0.05) is 72.8 Å². The highest BCUT2D eigenvalue weighted by Crippen LogP contribution is 2.40. The predicted octanol–water partition coefficient (Wildman–Crippen LogP) is 25.5. The van der Waals surface area contributed by atoms with Crippen LogP contribution in [0.15, 0.2) is 299 Å². The summed E-state index contributed by atoms with van der Waals surface area (Å²) in [6, 6.07) is 69.6. The standard InChI is InChI=1S/C19H14F2O2.C19H13FO2.C16H10F2O3.C13H11NO3.C12H9F2NO.C12H10FNO/c1-13-10-17(20)19(18(21)11-13)23-16-9-5-8-15(12-16)22-14-6-3-2-4-7-14;1-12-9-10-17(15(20)11-12)21-18-8-4-6-14-13-5-2-3-7-16(13)22-19(14)18;1-9-6-12(17)16(13(18)7-9)20-11-4-2-10-3-5-15(19)21-14(10)8-11;1-9-2-5-13(14-7-9)17-10-3-4-11-12(6-10)16-8-15-11;1-8-5-10(13)12(11(14)6-8)16-9-3-2-4-15-7-9;1-9-4-5-12(11(13)7-9)15-10-3-2-6-14-8-10/h2-12H,1H3;2-11H,1H3;2-8H,1H3;2-7H,8H2,1H3;2-7H,1H3;2-8H,1H3. The van der Waals surface area contributed by atoms with E-state index in [9.17, 15) is 39.9 Å². The Morgan fingerprint density at radius 2 is 0.781 bits per heavy atom. The Hall–Kier alpha value is -14.5. The minimum atomic E-state index is -0.790. The normalized spacial score (nSPS) is 10.9. The number of rotatable bonds is 14. The van der Waals surface area contributed by atoms with Gasteiger partial charge in [0.2, 0.25) is 12.7 Å². The number of nitrogens with zero attached hydrogens (tertiary/aromatic N) is 3. The summed E-state index contributed by atoms with van der Waals surface area (Å²) in [5, 5.41) is 2.67. The molecule has 0 aliphatic carbocycles. The molecule has 0 radical (unpaired) electrons. The third kappa shape index (κ3) is 21.5. The maximum atomic E-state index is 14.0. The van der Waals surface area contributed by atoms with E-state index in [-0.39, 0.29) is 41.3 Å². The summed E-state index contributed by atoms with van der Waals surface area (Å²) in [6.45, 7) is 10.7. The first kappa shape index (κ1) is 79.1. The highest BCUT2D eigenvalue weighted by molar-refractivity contribution is 6.06. The molecule has 23 heteroatoms. The molecule has 0 atom stereocenters. The van der Waals surface area contributed by atoms with Gasteiger partial charge in [0.1, 0.15) is 51.4 Å². The first-order chi connectivity index (χ1) is 55.1. The molecule has 0 unspecified atom stereocenters. The molecule has 0 amide bonds. The molecule has 15 nitrogen and oxygen atoms in total. The van der Waals surface area contributed by atoms with Crippen molar-refractivity contribution < 1.29 is 86.6 Å². The van der Waals surface area contributed by atoms with E-state index < -0.39 is 57.8 Å². The molecular weight excluding hydrogens is 1480 g/mol. The largest absolute Gasteiger partial charge is 0.457 e. The predicted molar refractivity (Wildman–Crippen MR) is 415 cm³/mol. The number of benzene rings is 11.